The maximum absolute atomic E-state index is 14.4. The highest BCUT2D eigenvalue weighted by molar-refractivity contribution is 6.14. The maximum Gasteiger partial charge on any atom is 0.329 e. The predicted octanol–water partition coefficient (Wildman–Crippen LogP) is 5.66. The van der Waals surface area contributed by atoms with Crippen molar-refractivity contribution in [1.29, 1.82) is 0 Å². The number of imidazole rings is 1. The average Bonchev–Trinajstić information content (AvgIpc) is 3.97. The molecule has 0 unspecified atom stereocenters. The second-order valence-electron chi connectivity index (χ2n) is 13.9. The standard InChI is InChI=1S/C36H39N7O3/c1-41-20-25(33(40-41)46-3)29-27-21-7-9-23(10-8-21)35(17-18-35)13-4-14-36(39-32(44)22-5-6-22)15-11-24(12-16-36)43-30-26(42(2)34(43)45)19-37-31(38-29)28(27)30/h4,7-10,13,19-20,22,24H,5-6,11-12,14-18H2,1-3H3,(H,37,38)(H,39,44)/b13-4+/i2D3. The molecule has 4 aliphatic heterocycles. The number of nitrogens with one attached hydrogen (secondary N) is 2. The molecule has 10 nitrogen and oxygen atoms in total. The number of allylic oxidation sites excluding steroid dienone is 1. The molecule has 3 saturated carbocycles. The van der Waals surface area contributed by atoms with E-state index in [4.69, 9.17) is 13.8 Å². The summed E-state index contributed by atoms with van der Waals surface area (Å²) in [5.74, 6) is 0.643. The molecule has 7 aliphatic rings. The molecular weight excluding hydrogens is 578 g/mol. The summed E-state index contributed by atoms with van der Waals surface area (Å²) in [7, 11) is 3.41. The van der Waals surface area contributed by atoms with Crippen molar-refractivity contribution in [2.45, 2.75) is 74.8 Å². The van der Waals surface area contributed by atoms with Gasteiger partial charge < -0.3 is 15.0 Å². The van der Waals surface area contributed by atoms with Crippen molar-refractivity contribution in [2.24, 2.45) is 19.9 Å². The lowest BCUT2D eigenvalue weighted by Crippen LogP contribution is -2.51. The van der Waals surface area contributed by atoms with Gasteiger partial charge in [-0.2, -0.15) is 0 Å². The molecule has 0 saturated heterocycles. The second kappa shape index (κ2) is 9.70. The molecule has 46 heavy (non-hydrogen) atoms. The maximum atomic E-state index is 14.4. The van der Waals surface area contributed by atoms with Gasteiger partial charge in [0.15, 0.2) is 0 Å². The second-order valence-corrected chi connectivity index (χ2v) is 13.9. The third-order valence-electron chi connectivity index (χ3n) is 11.0. The van der Waals surface area contributed by atoms with E-state index in [1.807, 2.05) is 13.2 Å². The first-order valence-electron chi connectivity index (χ1n) is 17.9. The number of ether oxygens (including phenoxy) is 1. The minimum atomic E-state index is -2.72. The molecular formula is C36H39N7O3. The van der Waals surface area contributed by atoms with Crippen molar-refractivity contribution in [3.05, 3.63) is 64.9 Å². The number of amides is 1. The fraction of sp³-hybridized carbons (Fsp3) is 0.444. The smallest absolute Gasteiger partial charge is 0.329 e. The van der Waals surface area contributed by atoms with Gasteiger partial charge in [0.25, 0.3) is 0 Å². The van der Waals surface area contributed by atoms with E-state index >= 15 is 0 Å². The van der Waals surface area contributed by atoms with E-state index in [9.17, 15) is 9.59 Å². The van der Waals surface area contributed by atoms with Crippen molar-refractivity contribution < 1.29 is 13.6 Å². The van der Waals surface area contributed by atoms with Gasteiger partial charge in [-0.3, -0.25) is 18.6 Å². The van der Waals surface area contributed by atoms with Crippen molar-refractivity contribution in [2.75, 3.05) is 7.11 Å². The summed E-state index contributed by atoms with van der Waals surface area (Å²) in [6.07, 6.45) is 15.3. The van der Waals surface area contributed by atoms with Gasteiger partial charge in [0.2, 0.25) is 11.8 Å². The minimum absolute atomic E-state index is 0.0314. The van der Waals surface area contributed by atoms with Gasteiger partial charge >= 0.3 is 5.69 Å². The van der Waals surface area contributed by atoms with Crippen LogP contribution in [0.25, 0.3) is 44.5 Å². The normalized spacial score (nSPS) is 25.2. The number of aryl methyl sites for hydroxylation is 2. The summed E-state index contributed by atoms with van der Waals surface area (Å²) in [5, 5.41) is 8.65. The van der Waals surface area contributed by atoms with E-state index in [-0.39, 0.29) is 28.8 Å². The van der Waals surface area contributed by atoms with E-state index < -0.39 is 18.2 Å². The van der Waals surface area contributed by atoms with Crippen LogP contribution in [0.1, 0.15) is 73.5 Å². The molecule has 1 spiro atoms. The molecule has 3 aliphatic carbocycles. The van der Waals surface area contributed by atoms with Gasteiger partial charge in [-0.1, -0.05) is 36.4 Å². The minimum Gasteiger partial charge on any atom is -0.479 e. The first kappa shape index (κ1) is 24.6. The number of hydrogen-bond donors (Lipinski definition) is 2. The van der Waals surface area contributed by atoms with Crippen LogP contribution in [0, 0.1) is 5.92 Å². The summed E-state index contributed by atoms with van der Waals surface area (Å²) in [6, 6.07) is 8.29. The lowest BCUT2D eigenvalue weighted by Gasteiger charge is -2.41. The van der Waals surface area contributed by atoms with Crippen molar-refractivity contribution in [3.8, 4) is 28.3 Å². The number of methoxy groups -OCH3 is 1. The van der Waals surface area contributed by atoms with E-state index in [0.717, 1.165) is 59.1 Å². The summed E-state index contributed by atoms with van der Waals surface area (Å²) >= 11 is 0. The number of hydrogen-bond acceptors (Lipinski definition) is 5. The zero-order valence-corrected chi connectivity index (χ0v) is 26.1. The van der Waals surface area contributed by atoms with Gasteiger partial charge in [-0.05, 0) is 68.9 Å². The van der Waals surface area contributed by atoms with Crippen LogP contribution < -0.4 is 15.7 Å². The zero-order valence-electron chi connectivity index (χ0n) is 29.1. The Morgan fingerprint density at radius 3 is 2.61 bits per heavy atom. The van der Waals surface area contributed by atoms with E-state index in [1.165, 1.54) is 11.8 Å². The molecule has 10 heteroatoms. The lowest BCUT2D eigenvalue weighted by molar-refractivity contribution is -0.124. The van der Waals surface area contributed by atoms with Crippen LogP contribution >= 0.6 is 0 Å². The number of carbonyl (C=O) groups excluding carboxylic acids is 1. The Morgan fingerprint density at radius 2 is 1.91 bits per heavy atom. The number of H-pyrrole nitrogens is 1. The molecule has 12 rings (SSSR count). The van der Waals surface area contributed by atoms with Crippen LogP contribution in [0.4, 0.5) is 0 Å². The quantitative estimate of drug-likeness (QED) is 0.252. The number of carbonyl (C=O) groups is 1. The number of pyridine rings is 1. The third kappa shape index (κ3) is 4.08. The summed E-state index contributed by atoms with van der Waals surface area (Å²) < 4.78 is 35.3. The first-order chi connectivity index (χ1) is 23.5. The van der Waals surface area contributed by atoms with Crippen LogP contribution in [-0.4, -0.2) is 47.4 Å². The first-order valence-corrected chi connectivity index (χ1v) is 16.4. The number of aromatic nitrogens is 6. The SMILES string of the molecule is [2H]C([2H])([2H])n1c(=O)n2c3c4c(c(-c5cn(C)nc5OC)[nH]c4ncc31)-c1ccc(cc1)C1(/C=C/CC3(NC(=O)C4CC4)CCC2CC3)CC1. The van der Waals surface area contributed by atoms with Gasteiger partial charge in [-0.15, -0.1) is 5.10 Å². The Hall–Kier alpha value is -4.60. The lowest BCUT2D eigenvalue weighted by atomic mass is 9.76. The van der Waals surface area contributed by atoms with E-state index in [1.54, 1.807) is 16.4 Å². The van der Waals surface area contributed by atoms with Crippen LogP contribution in [0.5, 0.6) is 5.88 Å². The van der Waals surface area contributed by atoms with Gasteiger partial charge in [-0.25, -0.2) is 9.78 Å². The number of aromatic amines is 1. The Kier molecular flexibility index (Phi) is 5.19. The van der Waals surface area contributed by atoms with Gasteiger partial charge in [0.05, 0.1) is 41.0 Å². The van der Waals surface area contributed by atoms with Gasteiger partial charge in [0.1, 0.15) is 5.65 Å². The van der Waals surface area contributed by atoms with Crippen LogP contribution in [0.2, 0.25) is 0 Å². The van der Waals surface area contributed by atoms with Crippen LogP contribution in [-0.2, 0) is 24.2 Å². The Balaban J connectivity index is 1.34. The highest BCUT2D eigenvalue weighted by Gasteiger charge is 2.44. The highest BCUT2D eigenvalue weighted by Crippen LogP contribution is 2.51. The average molecular weight is 621 g/mol. The fourth-order valence-corrected chi connectivity index (χ4v) is 8.13. The summed E-state index contributed by atoms with van der Waals surface area (Å²) in [6.45, 7) is -2.72. The van der Waals surface area contributed by atoms with Crippen molar-refractivity contribution >= 4 is 28.0 Å². The van der Waals surface area contributed by atoms with Crippen LogP contribution in [0.15, 0.2) is 53.6 Å². The molecule has 5 aromatic rings. The molecule has 2 N–H and O–H groups in total. The largest absolute Gasteiger partial charge is 0.479 e. The molecule has 4 bridgehead atoms. The van der Waals surface area contributed by atoms with Gasteiger partial charge in [0, 0.05) is 52.8 Å². The molecule has 8 heterocycles. The van der Waals surface area contributed by atoms with Crippen molar-refractivity contribution in [1.82, 2.24) is 34.2 Å². The molecule has 236 valence electrons. The van der Waals surface area contributed by atoms with E-state index in [0.29, 0.717) is 48.1 Å². The Bertz CT molecular complexity index is 2240. The predicted molar refractivity (Wildman–Crippen MR) is 177 cm³/mol. The van der Waals surface area contributed by atoms with E-state index in [2.05, 4.69) is 51.8 Å². The fourth-order valence-electron chi connectivity index (χ4n) is 8.13. The third-order valence-corrected chi connectivity index (χ3v) is 11.0. The van der Waals surface area contributed by atoms with Crippen LogP contribution in [0.3, 0.4) is 0 Å². The topological polar surface area (TPSA) is 112 Å². The monoisotopic (exact) mass is 620 g/mol. The molecule has 3 fully saturated rings. The number of nitrogens with zero attached hydrogens (tertiary/aromatic N) is 5. The highest BCUT2D eigenvalue weighted by atomic mass is 16.5. The molecule has 0 atom stereocenters. The molecule has 0 radical (unpaired) electrons. The number of rotatable bonds is 4. The van der Waals surface area contributed by atoms with Crippen molar-refractivity contribution in [3.63, 3.8) is 0 Å². The summed E-state index contributed by atoms with van der Waals surface area (Å²) in [5.41, 5.74) is 4.70. The molecule has 4 aromatic heterocycles. The Morgan fingerprint density at radius 1 is 1.13 bits per heavy atom. The molecule has 1 amide bonds. The summed E-state index contributed by atoms with van der Waals surface area (Å²) in [4.78, 5) is 35.9. The zero-order chi connectivity index (χ0) is 33.9. The molecule has 1 aromatic carbocycles. The Labute approximate surface area is 270 Å². The number of benzene rings is 1.